The molecular formula is C25H30N4O5. The van der Waals surface area contributed by atoms with Crippen molar-refractivity contribution in [2.45, 2.75) is 44.2 Å². The molecule has 4 N–H and O–H groups in total. The van der Waals surface area contributed by atoms with Crippen LogP contribution in [0.25, 0.3) is 10.9 Å². The van der Waals surface area contributed by atoms with Gasteiger partial charge in [0.25, 0.3) is 5.91 Å². The second-order valence-electron chi connectivity index (χ2n) is 9.73. The van der Waals surface area contributed by atoms with Gasteiger partial charge in [-0.05, 0) is 49.7 Å². The number of aliphatic hydroxyl groups is 1. The van der Waals surface area contributed by atoms with E-state index in [-0.39, 0.29) is 41.9 Å². The van der Waals surface area contributed by atoms with Crippen LogP contribution in [0.3, 0.4) is 0 Å². The fourth-order valence-corrected chi connectivity index (χ4v) is 5.99. The molecule has 3 heterocycles. The van der Waals surface area contributed by atoms with Crippen LogP contribution in [0.1, 0.15) is 42.6 Å². The van der Waals surface area contributed by atoms with Crippen LogP contribution in [0.2, 0.25) is 0 Å². The minimum absolute atomic E-state index is 0.0352. The van der Waals surface area contributed by atoms with Crippen LogP contribution in [0.5, 0.6) is 0 Å². The van der Waals surface area contributed by atoms with E-state index in [1.165, 1.54) is 0 Å². The zero-order chi connectivity index (χ0) is 23.8. The third-order valence-electron chi connectivity index (χ3n) is 7.72. The lowest BCUT2D eigenvalue weighted by molar-refractivity contribution is -0.133. The van der Waals surface area contributed by atoms with Gasteiger partial charge in [-0.15, -0.1) is 0 Å². The number of nitrogens with one attached hydrogen (secondary N) is 3. The molecule has 5 atom stereocenters. The second-order valence-corrected chi connectivity index (χ2v) is 9.73. The highest BCUT2D eigenvalue weighted by atomic mass is 16.3. The molecule has 1 aliphatic carbocycles. The van der Waals surface area contributed by atoms with E-state index in [1.54, 1.807) is 11.0 Å². The highest BCUT2D eigenvalue weighted by Gasteiger charge is 2.50. The molecule has 0 unspecified atom stereocenters. The van der Waals surface area contributed by atoms with Gasteiger partial charge in [0, 0.05) is 29.9 Å². The second kappa shape index (κ2) is 9.21. The van der Waals surface area contributed by atoms with Crippen molar-refractivity contribution in [3.63, 3.8) is 0 Å². The van der Waals surface area contributed by atoms with Crippen molar-refractivity contribution >= 4 is 34.4 Å². The molecule has 1 aromatic carbocycles. The highest BCUT2D eigenvalue weighted by molar-refractivity contribution is 6.01. The van der Waals surface area contributed by atoms with Gasteiger partial charge in [-0.1, -0.05) is 24.6 Å². The van der Waals surface area contributed by atoms with E-state index in [0.717, 1.165) is 30.2 Å². The van der Waals surface area contributed by atoms with Crippen molar-refractivity contribution in [2.24, 2.45) is 17.8 Å². The first kappa shape index (κ1) is 22.6. The monoisotopic (exact) mass is 466 g/mol. The van der Waals surface area contributed by atoms with Crippen molar-refractivity contribution in [2.75, 3.05) is 19.7 Å². The summed E-state index contributed by atoms with van der Waals surface area (Å²) in [5, 5.41) is 15.9. The van der Waals surface area contributed by atoms with E-state index in [9.17, 15) is 24.3 Å². The molecule has 2 aromatic rings. The summed E-state index contributed by atoms with van der Waals surface area (Å²) in [5.74, 6) is -1.38. The molecule has 9 heteroatoms. The lowest BCUT2D eigenvalue weighted by Crippen LogP contribution is -2.53. The van der Waals surface area contributed by atoms with Gasteiger partial charge in [0.2, 0.25) is 11.8 Å². The Bertz CT molecular complexity index is 1090. The number of hydrogen-bond acceptors (Lipinski definition) is 5. The maximum absolute atomic E-state index is 13.5. The lowest BCUT2D eigenvalue weighted by atomic mass is 9.92. The Morgan fingerprint density at radius 2 is 2.00 bits per heavy atom. The molecule has 0 radical (unpaired) electrons. The Morgan fingerprint density at radius 3 is 2.74 bits per heavy atom. The summed E-state index contributed by atoms with van der Waals surface area (Å²) < 4.78 is 0. The van der Waals surface area contributed by atoms with E-state index in [4.69, 9.17) is 0 Å². The van der Waals surface area contributed by atoms with E-state index >= 15 is 0 Å². The largest absolute Gasteiger partial charge is 0.389 e. The Kier molecular flexibility index (Phi) is 6.12. The van der Waals surface area contributed by atoms with Crippen LogP contribution in [0.15, 0.2) is 30.3 Å². The number of para-hydroxylation sites is 1. The molecule has 2 saturated heterocycles. The number of rotatable bonds is 7. The van der Waals surface area contributed by atoms with Crippen molar-refractivity contribution in [1.29, 1.82) is 0 Å². The van der Waals surface area contributed by atoms with Crippen molar-refractivity contribution in [1.82, 2.24) is 20.5 Å². The molecule has 5 rings (SSSR count). The van der Waals surface area contributed by atoms with E-state index in [1.807, 2.05) is 24.3 Å². The number of carbonyl (C=O) groups excluding carboxylic acids is 4. The maximum atomic E-state index is 13.5. The van der Waals surface area contributed by atoms with Crippen LogP contribution in [0.4, 0.5) is 0 Å². The molecule has 3 fully saturated rings. The average molecular weight is 467 g/mol. The number of aromatic nitrogens is 1. The van der Waals surface area contributed by atoms with Crippen LogP contribution in [0, 0.1) is 17.8 Å². The molecule has 0 bridgehead atoms. The topological polar surface area (TPSA) is 132 Å². The molecule has 3 amide bonds. The number of hydrogen-bond donors (Lipinski definition) is 4. The summed E-state index contributed by atoms with van der Waals surface area (Å²) >= 11 is 0. The van der Waals surface area contributed by atoms with Crippen LogP contribution >= 0.6 is 0 Å². The Balaban J connectivity index is 1.38. The third kappa shape index (κ3) is 4.09. The minimum atomic E-state index is -0.961. The molecule has 9 nitrogen and oxygen atoms in total. The van der Waals surface area contributed by atoms with Crippen LogP contribution in [-0.4, -0.2) is 70.3 Å². The normalized spacial score (nSPS) is 27.0. The molecule has 180 valence electrons. The number of benzene rings is 1. The van der Waals surface area contributed by atoms with Gasteiger partial charge in [-0.25, -0.2) is 0 Å². The van der Waals surface area contributed by atoms with Crippen molar-refractivity contribution < 1.29 is 24.3 Å². The number of fused-ring (bicyclic) bond motifs is 2. The van der Waals surface area contributed by atoms with Crippen LogP contribution < -0.4 is 10.6 Å². The standard InChI is InChI=1S/C25H30N4O5/c30-13-21(31)19(11-15-8-9-26-23(15)32)28-24(33)22-17-6-3-5-16(17)12-29(22)25(34)20-10-14-4-1-2-7-18(14)27-20/h1-2,4,7,10,15-17,19,22,27,30H,3,5-6,8-9,11-13H2,(H,26,32)(H,28,33)/t15-,16+,17+,19-,22+/m1/s1. The summed E-state index contributed by atoms with van der Waals surface area (Å²) in [6.07, 6.45) is 3.56. The zero-order valence-electron chi connectivity index (χ0n) is 19.0. The summed E-state index contributed by atoms with van der Waals surface area (Å²) in [7, 11) is 0. The van der Waals surface area contributed by atoms with E-state index in [2.05, 4.69) is 15.6 Å². The predicted molar refractivity (Wildman–Crippen MR) is 124 cm³/mol. The molecule has 0 spiro atoms. The first-order chi connectivity index (χ1) is 16.5. The zero-order valence-corrected chi connectivity index (χ0v) is 19.0. The van der Waals surface area contributed by atoms with Gasteiger partial charge < -0.3 is 25.6 Å². The number of ketones is 1. The van der Waals surface area contributed by atoms with Gasteiger partial charge in [-0.3, -0.25) is 19.2 Å². The fourth-order valence-electron chi connectivity index (χ4n) is 5.99. The number of H-pyrrole nitrogens is 1. The van der Waals surface area contributed by atoms with Gasteiger partial charge >= 0.3 is 0 Å². The van der Waals surface area contributed by atoms with Gasteiger partial charge in [0.05, 0.1) is 6.04 Å². The molecule has 34 heavy (non-hydrogen) atoms. The average Bonchev–Trinajstić information content (AvgIpc) is 3.61. The predicted octanol–water partition coefficient (Wildman–Crippen LogP) is 0.981. The minimum Gasteiger partial charge on any atom is -0.389 e. The Labute approximate surface area is 197 Å². The molecule has 3 aliphatic rings. The van der Waals surface area contributed by atoms with E-state index < -0.39 is 24.5 Å². The number of amides is 3. The lowest BCUT2D eigenvalue weighted by Gasteiger charge is -2.29. The fraction of sp³-hybridized carbons (Fsp3) is 0.520. The summed E-state index contributed by atoms with van der Waals surface area (Å²) in [4.78, 5) is 56.3. The number of aromatic amines is 1. The Morgan fingerprint density at radius 1 is 1.18 bits per heavy atom. The number of aliphatic hydroxyl groups excluding tert-OH is 1. The smallest absolute Gasteiger partial charge is 0.271 e. The van der Waals surface area contributed by atoms with Crippen molar-refractivity contribution in [3.8, 4) is 0 Å². The quantitative estimate of drug-likeness (QED) is 0.483. The summed E-state index contributed by atoms with van der Waals surface area (Å²) in [6, 6.07) is 7.79. The van der Waals surface area contributed by atoms with Gasteiger partial charge in [-0.2, -0.15) is 0 Å². The number of likely N-dealkylation sites (tertiary alicyclic amines) is 1. The SMILES string of the molecule is O=C1NCC[C@@H]1C[C@@H](NC(=O)[C@@H]1[C@H]2CCC[C@H]2CN1C(=O)c1cc2ccccc2[nH]1)C(=O)CO. The number of Topliss-reactive ketones (excluding diaryl/α,β-unsaturated/α-hetero) is 1. The maximum Gasteiger partial charge on any atom is 0.271 e. The first-order valence-electron chi connectivity index (χ1n) is 12.1. The van der Waals surface area contributed by atoms with Gasteiger partial charge in [0.15, 0.2) is 5.78 Å². The third-order valence-corrected chi connectivity index (χ3v) is 7.72. The Hall–Kier alpha value is -3.20. The molecule has 1 saturated carbocycles. The van der Waals surface area contributed by atoms with Crippen LogP contribution in [-0.2, 0) is 14.4 Å². The molecular weight excluding hydrogens is 436 g/mol. The van der Waals surface area contributed by atoms with Gasteiger partial charge in [0.1, 0.15) is 18.3 Å². The molecule has 1 aromatic heterocycles. The first-order valence-corrected chi connectivity index (χ1v) is 12.1. The summed E-state index contributed by atoms with van der Waals surface area (Å²) in [5.41, 5.74) is 1.29. The highest BCUT2D eigenvalue weighted by Crippen LogP contribution is 2.43. The molecule has 2 aliphatic heterocycles. The van der Waals surface area contributed by atoms with E-state index in [0.29, 0.717) is 25.2 Å². The van der Waals surface area contributed by atoms with Crippen molar-refractivity contribution in [3.05, 3.63) is 36.0 Å². The summed E-state index contributed by atoms with van der Waals surface area (Å²) in [6.45, 7) is 0.324. The number of nitrogens with zero attached hydrogens (tertiary/aromatic N) is 1. The number of carbonyl (C=O) groups is 4.